The highest BCUT2D eigenvalue weighted by Crippen LogP contribution is 2.31. The van der Waals surface area contributed by atoms with Crippen LogP contribution in [0.25, 0.3) is 10.9 Å². The highest BCUT2D eigenvalue weighted by Gasteiger charge is 2.24. The van der Waals surface area contributed by atoms with Crippen molar-refractivity contribution in [2.45, 2.75) is 26.3 Å². The van der Waals surface area contributed by atoms with E-state index in [1.165, 1.54) is 0 Å². The number of carbonyl (C=O) groups excluding carboxylic acids is 1. The number of rotatable bonds is 2. The third-order valence-corrected chi connectivity index (χ3v) is 5.04. The van der Waals surface area contributed by atoms with E-state index in [1.807, 2.05) is 23.6 Å². The van der Waals surface area contributed by atoms with Gasteiger partial charge in [-0.25, -0.2) is 0 Å². The third-order valence-electron chi connectivity index (χ3n) is 4.81. The topological polar surface area (TPSA) is 51.1 Å². The van der Waals surface area contributed by atoms with Crippen molar-refractivity contribution in [2.24, 2.45) is 0 Å². The predicted octanol–water partition coefficient (Wildman–Crippen LogP) is 4.33. The molecule has 1 amide bonds. The minimum atomic E-state index is -0.398. The van der Waals surface area contributed by atoms with Crippen molar-refractivity contribution < 1.29 is 4.79 Å². The van der Waals surface area contributed by atoms with E-state index in [1.54, 1.807) is 30.5 Å². The number of nitrogens with one attached hydrogen (secondary N) is 1. The van der Waals surface area contributed by atoms with Crippen LogP contribution in [0.15, 0.2) is 47.4 Å². The number of halogens is 1. The Labute approximate surface area is 150 Å². The molecule has 1 aromatic heterocycles. The zero-order valence-electron chi connectivity index (χ0n) is 14.0. The van der Waals surface area contributed by atoms with Gasteiger partial charge in [0.2, 0.25) is 5.43 Å². The molecule has 0 bridgehead atoms. The van der Waals surface area contributed by atoms with Gasteiger partial charge in [0.05, 0.1) is 5.52 Å². The smallest absolute Gasteiger partial charge is 0.261 e. The van der Waals surface area contributed by atoms with E-state index >= 15 is 0 Å². The summed E-state index contributed by atoms with van der Waals surface area (Å²) in [7, 11) is 0. The molecule has 0 radical (unpaired) electrons. The van der Waals surface area contributed by atoms with Gasteiger partial charge in [-0.15, -0.1) is 0 Å². The predicted molar refractivity (Wildman–Crippen MR) is 101 cm³/mol. The standard InChI is InChI=1S/C20H17ClN2O2/c1-11-8-14(21)6-7-17(11)22-20(25)16-10-23-12(2)9-13-4-3-5-15(18(13)23)19(16)24/h3-8,10,12H,9H2,1-2H3,(H,22,25)/t12-/m0/s1. The lowest BCUT2D eigenvalue weighted by molar-refractivity contribution is 0.102. The van der Waals surface area contributed by atoms with Crippen LogP contribution in [0.4, 0.5) is 5.69 Å². The summed E-state index contributed by atoms with van der Waals surface area (Å²) in [6, 6.07) is 11.2. The van der Waals surface area contributed by atoms with E-state index < -0.39 is 5.91 Å². The molecule has 4 nitrogen and oxygen atoms in total. The maximum absolute atomic E-state index is 12.8. The summed E-state index contributed by atoms with van der Waals surface area (Å²) in [6.45, 7) is 3.96. The first-order chi connectivity index (χ1) is 12.0. The molecule has 0 unspecified atom stereocenters. The average molecular weight is 353 g/mol. The minimum absolute atomic E-state index is 0.160. The molecule has 0 saturated heterocycles. The highest BCUT2D eigenvalue weighted by molar-refractivity contribution is 6.30. The molecular weight excluding hydrogens is 336 g/mol. The largest absolute Gasteiger partial charge is 0.343 e. The molecule has 25 heavy (non-hydrogen) atoms. The number of carbonyl (C=O) groups is 1. The Balaban J connectivity index is 1.81. The Kier molecular flexibility index (Phi) is 3.65. The molecule has 2 heterocycles. The van der Waals surface area contributed by atoms with Gasteiger partial charge in [0, 0.05) is 28.3 Å². The highest BCUT2D eigenvalue weighted by atomic mass is 35.5. The summed E-state index contributed by atoms with van der Waals surface area (Å²) in [5.41, 5.74) is 3.53. The second kappa shape index (κ2) is 5.74. The number of hydrogen-bond donors (Lipinski definition) is 1. The maximum atomic E-state index is 12.8. The molecule has 126 valence electrons. The van der Waals surface area contributed by atoms with Gasteiger partial charge in [-0.05, 0) is 55.7 Å². The van der Waals surface area contributed by atoms with Crippen molar-refractivity contribution in [3.8, 4) is 0 Å². The molecule has 1 N–H and O–H groups in total. The van der Waals surface area contributed by atoms with Gasteiger partial charge in [0.15, 0.2) is 0 Å². The summed E-state index contributed by atoms with van der Waals surface area (Å²) in [6.07, 6.45) is 2.56. The SMILES string of the molecule is Cc1cc(Cl)ccc1NC(=O)c1cn2c3c(cccc3c1=O)C[C@@H]2C. The normalized spacial score (nSPS) is 15.6. The first kappa shape index (κ1) is 15.9. The molecule has 0 fully saturated rings. The molecule has 1 aliphatic heterocycles. The number of aryl methyl sites for hydroxylation is 1. The Morgan fingerprint density at radius 3 is 2.84 bits per heavy atom. The number of nitrogens with zero attached hydrogens (tertiary/aromatic N) is 1. The lowest BCUT2D eigenvalue weighted by Gasteiger charge is -2.13. The Morgan fingerprint density at radius 1 is 1.28 bits per heavy atom. The Morgan fingerprint density at radius 2 is 2.08 bits per heavy atom. The van der Waals surface area contributed by atoms with Gasteiger partial charge >= 0.3 is 0 Å². The van der Waals surface area contributed by atoms with Crippen molar-refractivity contribution in [1.29, 1.82) is 0 Å². The van der Waals surface area contributed by atoms with Gasteiger partial charge < -0.3 is 9.88 Å². The fourth-order valence-electron chi connectivity index (χ4n) is 3.53. The van der Waals surface area contributed by atoms with Gasteiger partial charge in [-0.2, -0.15) is 0 Å². The lowest BCUT2D eigenvalue weighted by atomic mass is 10.1. The van der Waals surface area contributed by atoms with Crippen LogP contribution >= 0.6 is 11.6 Å². The zero-order chi connectivity index (χ0) is 17.7. The minimum Gasteiger partial charge on any atom is -0.343 e. The molecule has 2 aromatic carbocycles. The first-order valence-corrected chi connectivity index (χ1v) is 8.58. The summed E-state index contributed by atoms with van der Waals surface area (Å²) in [5.74, 6) is -0.398. The summed E-state index contributed by atoms with van der Waals surface area (Å²) in [5, 5.41) is 4.04. The van der Waals surface area contributed by atoms with Gasteiger partial charge in [-0.1, -0.05) is 23.7 Å². The second-order valence-corrected chi connectivity index (χ2v) is 7.00. The fraction of sp³-hybridized carbons (Fsp3) is 0.200. The van der Waals surface area contributed by atoms with E-state index in [0.717, 1.165) is 23.1 Å². The quantitative estimate of drug-likeness (QED) is 0.746. The van der Waals surface area contributed by atoms with E-state index in [0.29, 0.717) is 16.1 Å². The van der Waals surface area contributed by atoms with Crippen LogP contribution in [-0.2, 0) is 6.42 Å². The number of para-hydroxylation sites is 1. The summed E-state index contributed by atoms with van der Waals surface area (Å²) in [4.78, 5) is 25.6. The number of hydrogen-bond acceptors (Lipinski definition) is 2. The van der Waals surface area contributed by atoms with Crippen LogP contribution < -0.4 is 10.7 Å². The second-order valence-electron chi connectivity index (χ2n) is 6.56. The first-order valence-electron chi connectivity index (χ1n) is 8.20. The Hall–Kier alpha value is -2.59. The van der Waals surface area contributed by atoms with Crippen molar-refractivity contribution in [3.63, 3.8) is 0 Å². The molecule has 3 aromatic rings. The van der Waals surface area contributed by atoms with E-state index in [2.05, 4.69) is 12.2 Å². The van der Waals surface area contributed by atoms with Crippen molar-refractivity contribution in [2.75, 3.05) is 5.32 Å². The molecule has 1 aliphatic rings. The molecule has 0 aliphatic carbocycles. The van der Waals surface area contributed by atoms with Crippen LogP contribution in [0.2, 0.25) is 5.02 Å². The number of benzene rings is 2. The van der Waals surface area contributed by atoms with Gasteiger partial charge in [0.1, 0.15) is 5.56 Å². The van der Waals surface area contributed by atoms with Crippen LogP contribution in [0.1, 0.15) is 34.5 Å². The number of aromatic nitrogens is 1. The molecule has 1 atom stereocenters. The monoisotopic (exact) mass is 352 g/mol. The van der Waals surface area contributed by atoms with Crippen molar-refractivity contribution in [3.05, 3.63) is 74.5 Å². The molecule has 5 heteroatoms. The van der Waals surface area contributed by atoms with E-state index in [4.69, 9.17) is 11.6 Å². The number of pyridine rings is 1. The van der Waals surface area contributed by atoms with Crippen LogP contribution in [0.5, 0.6) is 0 Å². The lowest BCUT2D eigenvalue weighted by Crippen LogP contribution is -2.24. The van der Waals surface area contributed by atoms with Crippen LogP contribution in [-0.4, -0.2) is 10.5 Å². The molecular formula is C20H17ClN2O2. The third kappa shape index (κ3) is 2.53. The van der Waals surface area contributed by atoms with Crippen molar-refractivity contribution in [1.82, 2.24) is 4.57 Å². The summed E-state index contributed by atoms with van der Waals surface area (Å²) >= 11 is 5.96. The Bertz CT molecular complexity index is 1080. The number of amides is 1. The van der Waals surface area contributed by atoms with Crippen molar-refractivity contribution >= 4 is 34.1 Å². The molecule has 4 rings (SSSR count). The maximum Gasteiger partial charge on any atom is 0.261 e. The van der Waals surface area contributed by atoms with Crippen LogP contribution in [0.3, 0.4) is 0 Å². The van der Waals surface area contributed by atoms with E-state index in [9.17, 15) is 9.59 Å². The summed E-state index contributed by atoms with van der Waals surface area (Å²) < 4.78 is 2.04. The molecule has 0 saturated carbocycles. The molecule has 0 spiro atoms. The van der Waals surface area contributed by atoms with Gasteiger partial charge in [-0.3, -0.25) is 9.59 Å². The zero-order valence-corrected chi connectivity index (χ0v) is 14.7. The average Bonchev–Trinajstić information content (AvgIpc) is 2.89. The fourth-order valence-corrected chi connectivity index (χ4v) is 3.76. The van der Waals surface area contributed by atoms with E-state index in [-0.39, 0.29) is 17.0 Å². The van der Waals surface area contributed by atoms with Gasteiger partial charge in [0.25, 0.3) is 5.91 Å². The number of anilines is 1. The van der Waals surface area contributed by atoms with Crippen LogP contribution in [0, 0.1) is 6.92 Å².